The Hall–Kier alpha value is -2.82. The Morgan fingerprint density at radius 1 is 1.26 bits per heavy atom. The number of nitrogens with one attached hydrogen (secondary N) is 1. The molecule has 0 bridgehead atoms. The van der Waals surface area contributed by atoms with Crippen molar-refractivity contribution in [3.63, 3.8) is 0 Å². The first-order valence-electron chi connectivity index (χ1n) is 7.61. The van der Waals surface area contributed by atoms with Crippen LogP contribution in [-0.4, -0.2) is 21.9 Å². The number of amides is 1. The number of imidazole rings is 1. The summed E-state index contributed by atoms with van der Waals surface area (Å²) >= 11 is 0. The summed E-state index contributed by atoms with van der Waals surface area (Å²) < 4.78 is 7.26. The number of benzene rings is 1. The van der Waals surface area contributed by atoms with E-state index < -0.39 is 0 Å². The molecule has 2 heterocycles. The van der Waals surface area contributed by atoms with Gasteiger partial charge in [-0.3, -0.25) is 4.79 Å². The normalized spacial score (nSPS) is 10.7. The van der Waals surface area contributed by atoms with Crippen molar-refractivity contribution in [1.29, 1.82) is 0 Å². The quantitative estimate of drug-likeness (QED) is 0.788. The van der Waals surface area contributed by atoms with Crippen LogP contribution in [0.5, 0.6) is 5.75 Å². The standard InChI is InChI=1S/C18H19N3O2/c1-3-23-15-8-6-14(7-9-15)11-19-18(22)16-12-21-10-4-5-13(2)17(21)20-16/h4-10,12H,3,11H2,1-2H3,(H,19,22). The van der Waals surface area contributed by atoms with Gasteiger partial charge in [-0.2, -0.15) is 0 Å². The van der Waals surface area contributed by atoms with Gasteiger partial charge in [-0.05, 0) is 43.2 Å². The predicted molar refractivity (Wildman–Crippen MR) is 88.7 cm³/mol. The van der Waals surface area contributed by atoms with Gasteiger partial charge in [-0.25, -0.2) is 4.98 Å². The zero-order chi connectivity index (χ0) is 16.2. The van der Waals surface area contributed by atoms with Crippen LogP contribution in [0, 0.1) is 6.92 Å². The molecular formula is C18H19N3O2. The van der Waals surface area contributed by atoms with Crippen LogP contribution in [0.25, 0.3) is 5.65 Å². The fourth-order valence-electron chi connectivity index (χ4n) is 2.41. The summed E-state index contributed by atoms with van der Waals surface area (Å²) in [4.78, 5) is 16.7. The van der Waals surface area contributed by atoms with Crippen molar-refractivity contribution >= 4 is 11.6 Å². The number of hydrogen-bond donors (Lipinski definition) is 1. The fraction of sp³-hybridized carbons (Fsp3) is 0.222. The molecule has 5 heteroatoms. The average Bonchev–Trinajstić information content (AvgIpc) is 3.00. The van der Waals surface area contributed by atoms with Crippen LogP contribution in [0.1, 0.15) is 28.5 Å². The van der Waals surface area contributed by atoms with Gasteiger partial charge in [0.15, 0.2) is 0 Å². The molecule has 0 radical (unpaired) electrons. The van der Waals surface area contributed by atoms with Crippen LogP contribution in [0.4, 0.5) is 0 Å². The molecule has 0 atom stereocenters. The van der Waals surface area contributed by atoms with Gasteiger partial charge in [-0.15, -0.1) is 0 Å². The maximum Gasteiger partial charge on any atom is 0.271 e. The molecule has 0 aliphatic carbocycles. The van der Waals surface area contributed by atoms with Crippen LogP contribution < -0.4 is 10.1 Å². The number of carbonyl (C=O) groups excluding carboxylic acids is 1. The lowest BCUT2D eigenvalue weighted by molar-refractivity contribution is 0.0946. The highest BCUT2D eigenvalue weighted by Crippen LogP contribution is 2.13. The van der Waals surface area contributed by atoms with Crippen LogP contribution in [-0.2, 0) is 6.54 Å². The van der Waals surface area contributed by atoms with E-state index in [1.54, 1.807) is 6.20 Å². The monoisotopic (exact) mass is 309 g/mol. The van der Waals surface area contributed by atoms with Crippen LogP contribution >= 0.6 is 0 Å². The van der Waals surface area contributed by atoms with Crippen LogP contribution in [0.15, 0.2) is 48.8 Å². The Kier molecular flexibility index (Phi) is 4.28. The molecule has 0 spiro atoms. The maximum atomic E-state index is 12.3. The van der Waals surface area contributed by atoms with Crippen molar-refractivity contribution < 1.29 is 9.53 Å². The lowest BCUT2D eigenvalue weighted by Crippen LogP contribution is -2.23. The van der Waals surface area contributed by atoms with E-state index in [9.17, 15) is 4.79 Å². The lowest BCUT2D eigenvalue weighted by atomic mass is 10.2. The third-order valence-corrected chi connectivity index (χ3v) is 3.60. The van der Waals surface area contributed by atoms with Gasteiger partial charge in [0.05, 0.1) is 6.61 Å². The topological polar surface area (TPSA) is 55.6 Å². The summed E-state index contributed by atoms with van der Waals surface area (Å²) in [6, 6.07) is 11.6. The van der Waals surface area contributed by atoms with Gasteiger partial charge < -0.3 is 14.5 Å². The molecule has 1 amide bonds. The summed E-state index contributed by atoms with van der Waals surface area (Å²) in [6.45, 7) is 5.02. The van der Waals surface area contributed by atoms with E-state index >= 15 is 0 Å². The summed E-state index contributed by atoms with van der Waals surface area (Å²) in [5, 5.41) is 2.89. The van der Waals surface area contributed by atoms with Crippen molar-refractivity contribution in [1.82, 2.24) is 14.7 Å². The number of rotatable bonds is 5. The number of fused-ring (bicyclic) bond motifs is 1. The zero-order valence-electron chi connectivity index (χ0n) is 13.2. The minimum atomic E-state index is -0.179. The van der Waals surface area contributed by atoms with Crippen LogP contribution in [0.2, 0.25) is 0 Å². The first kappa shape index (κ1) is 15.1. The lowest BCUT2D eigenvalue weighted by Gasteiger charge is -2.06. The van der Waals surface area contributed by atoms with Gasteiger partial charge in [-0.1, -0.05) is 18.2 Å². The van der Waals surface area contributed by atoms with E-state index in [2.05, 4.69) is 10.3 Å². The third-order valence-electron chi connectivity index (χ3n) is 3.60. The Balaban J connectivity index is 1.67. The predicted octanol–water partition coefficient (Wildman–Crippen LogP) is 2.97. The first-order valence-corrected chi connectivity index (χ1v) is 7.61. The van der Waals surface area contributed by atoms with Gasteiger partial charge in [0.2, 0.25) is 0 Å². The number of pyridine rings is 1. The highest BCUT2D eigenvalue weighted by atomic mass is 16.5. The molecular weight excluding hydrogens is 290 g/mol. The number of ether oxygens (including phenoxy) is 1. The molecule has 0 saturated heterocycles. The van der Waals surface area contributed by atoms with E-state index in [1.165, 1.54) is 0 Å². The van der Waals surface area contributed by atoms with E-state index in [0.717, 1.165) is 22.5 Å². The molecule has 3 aromatic rings. The van der Waals surface area contributed by atoms with E-state index in [4.69, 9.17) is 4.74 Å². The first-order chi connectivity index (χ1) is 11.2. The van der Waals surface area contributed by atoms with Gasteiger partial charge >= 0.3 is 0 Å². The molecule has 0 aliphatic rings. The Morgan fingerprint density at radius 3 is 2.74 bits per heavy atom. The zero-order valence-corrected chi connectivity index (χ0v) is 13.2. The SMILES string of the molecule is CCOc1ccc(CNC(=O)c2cn3cccc(C)c3n2)cc1. The molecule has 1 aromatic carbocycles. The van der Waals surface area contributed by atoms with Crippen LogP contribution in [0.3, 0.4) is 0 Å². The van der Waals surface area contributed by atoms with Gasteiger partial charge in [0.25, 0.3) is 5.91 Å². The largest absolute Gasteiger partial charge is 0.494 e. The molecule has 0 fully saturated rings. The van der Waals surface area contributed by atoms with E-state index in [0.29, 0.717) is 18.8 Å². The molecule has 118 valence electrons. The molecule has 0 unspecified atom stereocenters. The number of carbonyl (C=O) groups is 1. The summed E-state index contributed by atoms with van der Waals surface area (Å²) in [6.07, 6.45) is 3.63. The summed E-state index contributed by atoms with van der Waals surface area (Å²) in [5.74, 6) is 0.653. The van der Waals surface area contributed by atoms with Crippen molar-refractivity contribution in [2.24, 2.45) is 0 Å². The second kappa shape index (κ2) is 6.52. The second-order valence-electron chi connectivity index (χ2n) is 5.31. The minimum Gasteiger partial charge on any atom is -0.494 e. The van der Waals surface area contributed by atoms with E-state index in [-0.39, 0.29) is 5.91 Å². The molecule has 5 nitrogen and oxygen atoms in total. The second-order valence-corrected chi connectivity index (χ2v) is 5.31. The Labute approximate surface area is 134 Å². The smallest absolute Gasteiger partial charge is 0.271 e. The Morgan fingerprint density at radius 2 is 2.04 bits per heavy atom. The third kappa shape index (κ3) is 3.34. The summed E-state index contributed by atoms with van der Waals surface area (Å²) in [7, 11) is 0. The van der Waals surface area contributed by atoms with Crippen molar-refractivity contribution in [2.45, 2.75) is 20.4 Å². The molecule has 1 N–H and O–H groups in total. The molecule has 23 heavy (non-hydrogen) atoms. The fourth-order valence-corrected chi connectivity index (χ4v) is 2.41. The molecule has 0 aliphatic heterocycles. The van der Waals surface area contributed by atoms with Gasteiger partial charge in [0, 0.05) is 18.9 Å². The van der Waals surface area contributed by atoms with Crippen molar-refractivity contribution in [3.05, 3.63) is 65.6 Å². The number of aromatic nitrogens is 2. The highest BCUT2D eigenvalue weighted by Gasteiger charge is 2.11. The summed E-state index contributed by atoms with van der Waals surface area (Å²) in [5.41, 5.74) is 3.28. The van der Waals surface area contributed by atoms with Crippen molar-refractivity contribution in [3.8, 4) is 5.75 Å². The van der Waals surface area contributed by atoms with Gasteiger partial charge in [0.1, 0.15) is 17.1 Å². The average molecular weight is 309 g/mol. The number of nitrogens with zero attached hydrogens (tertiary/aromatic N) is 2. The minimum absolute atomic E-state index is 0.179. The van der Waals surface area contributed by atoms with Crippen molar-refractivity contribution in [2.75, 3.05) is 6.61 Å². The molecule has 3 rings (SSSR count). The highest BCUT2D eigenvalue weighted by molar-refractivity contribution is 5.92. The number of hydrogen-bond acceptors (Lipinski definition) is 3. The molecule has 2 aromatic heterocycles. The Bertz CT molecular complexity index is 822. The maximum absolute atomic E-state index is 12.3. The molecule has 0 saturated carbocycles. The number of aryl methyl sites for hydroxylation is 1. The van der Waals surface area contributed by atoms with E-state index in [1.807, 2.05) is 60.8 Å².